The number of nitriles is 2. The first-order valence-electron chi connectivity index (χ1n) is 15.4. The topological polar surface area (TPSA) is 138 Å². The number of ether oxygens (including phenoxy) is 2. The fourth-order valence-corrected chi connectivity index (χ4v) is 6.66. The number of H-pyrrole nitrogens is 2. The number of aromatic nitrogens is 2. The van der Waals surface area contributed by atoms with E-state index in [9.17, 15) is 20.1 Å². The summed E-state index contributed by atoms with van der Waals surface area (Å²) in [7, 11) is 0. The number of carbonyl (C=O) groups excluding carboxylic acids is 2. The number of fused-ring (bicyclic) bond motifs is 2. The maximum atomic E-state index is 13.4. The Kier molecular flexibility index (Phi) is 8.38. The van der Waals surface area contributed by atoms with Crippen LogP contribution in [0, 0.1) is 22.7 Å². The van der Waals surface area contributed by atoms with Gasteiger partial charge in [0.1, 0.15) is 0 Å². The van der Waals surface area contributed by atoms with Crippen LogP contribution in [0.5, 0.6) is 11.5 Å². The van der Waals surface area contributed by atoms with Crippen LogP contribution in [0.1, 0.15) is 73.9 Å². The number of nitrogens with zero attached hydrogens (tertiary/aromatic N) is 4. The molecule has 6 rings (SSSR count). The van der Waals surface area contributed by atoms with Crippen molar-refractivity contribution in [3.8, 4) is 23.6 Å². The molecule has 2 N–H and O–H groups in total. The Morgan fingerprint density at radius 2 is 1.11 bits per heavy atom. The van der Waals surface area contributed by atoms with Crippen LogP contribution in [0.2, 0.25) is 0 Å². The fraction of sp³-hybridized carbons (Fsp3) is 0.412. The number of piperidine rings is 2. The summed E-state index contributed by atoms with van der Waals surface area (Å²) in [6, 6.07) is 14.6. The van der Waals surface area contributed by atoms with E-state index in [4.69, 9.17) is 9.47 Å². The molecule has 0 radical (unpaired) electrons. The Morgan fingerprint density at radius 3 is 1.45 bits per heavy atom. The number of rotatable bonds is 6. The molecule has 0 amide bonds. The summed E-state index contributed by atoms with van der Waals surface area (Å²) in [6.45, 7) is 9.91. The Hall–Kier alpha value is -4.64. The van der Waals surface area contributed by atoms with Gasteiger partial charge in [-0.3, -0.25) is 0 Å². The minimum Gasteiger partial charge on any atom is -0.415 e. The van der Waals surface area contributed by atoms with Crippen molar-refractivity contribution in [2.75, 3.05) is 39.3 Å². The van der Waals surface area contributed by atoms with E-state index in [0.717, 1.165) is 76.3 Å². The van der Waals surface area contributed by atoms with Gasteiger partial charge in [-0.1, -0.05) is 13.8 Å². The van der Waals surface area contributed by atoms with Crippen molar-refractivity contribution in [1.29, 1.82) is 10.5 Å². The molecule has 44 heavy (non-hydrogen) atoms. The van der Waals surface area contributed by atoms with E-state index in [1.165, 1.54) is 0 Å². The number of nitrogens with one attached hydrogen (secondary N) is 2. The highest BCUT2D eigenvalue weighted by molar-refractivity contribution is 6.31. The molecule has 4 aromatic rings. The van der Waals surface area contributed by atoms with Crippen LogP contribution in [-0.2, 0) is 9.59 Å². The first-order valence-corrected chi connectivity index (χ1v) is 15.4. The quantitative estimate of drug-likeness (QED) is 0.227. The Labute approximate surface area is 256 Å². The van der Waals surface area contributed by atoms with Gasteiger partial charge in [-0.15, -0.1) is 0 Å². The molecule has 2 aliphatic rings. The normalized spacial score (nSPS) is 17.0. The molecule has 0 atom stereocenters. The van der Waals surface area contributed by atoms with E-state index in [1.54, 1.807) is 36.4 Å². The van der Waals surface area contributed by atoms with E-state index in [1.807, 2.05) is 0 Å². The van der Waals surface area contributed by atoms with Crippen molar-refractivity contribution in [3.05, 3.63) is 58.9 Å². The van der Waals surface area contributed by atoms with Crippen molar-refractivity contribution in [2.45, 2.75) is 51.4 Å². The average Bonchev–Trinajstić information content (AvgIpc) is 3.61. The molecule has 2 aromatic heterocycles. The lowest BCUT2D eigenvalue weighted by atomic mass is 9.93. The molecule has 2 aliphatic heterocycles. The summed E-state index contributed by atoms with van der Waals surface area (Å²) in [5.74, 6) is -1.39. The molecule has 2 saturated heterocycles. The molecular formula is C34H36N6O4. The van der Waals surface area contributed by atoms with Crippen LogP contribution in [0.4, 0.5) is 0 Å². The average molecular weight is 593 g/mol. The number of aromatic amines is 2. The zero-order chi connectivity index (χ0) is 30.8. The van der Waals surface area contributed by atoms with Crippen LogP contribution < -0.4 is 9.47 Å². The molecule has 0 bridgehead atoms. The largest absolute Gasteiger partial charge is 0.423 e. The van der Waals surface area contributed by atoms with Crippen molar-refractivity contribution in [2.24, 2.45) is 0 Å². The first-order chi connectivity index (χ1) is 21.4. The molecule has 2 aromatic carbocycles. The third kappa shape index (κ3) is 5.67. The third-order valence-electron chi connectivity index (χ3n) is 9.26. The van der Waals surface area contributed by atoms with Gasteiger partial charge in [-0.05, 0) is 101 Å². The van der Waals surface area contributed by atoms with Crippen LogP contribution in [0.3, 0.4) is 0 Å². The van der Waals surface area contributed by atoms with E-state index in [2.05, 4.69) is 45.8 Å². The Morgan fingerprint density at radius 1 is 0.727 bits per heavy atom. The molecule has 0 spiro atoms. The van der Waals surface area contributed by atoms with Crippen LogP contribution in [0.15, 0.2) is 36.4 Å². The highest BCUT2D eigenvalue weighted by Gasteiger charge is 2.32. The molecule has 4 heterocycles. The van der Waals surface area contributed by atoms with E-state index >= 15 is 0 Å². The minimum absolute atomic E-state index is 0.109. The molecule has 226 valence electrons. The third-order valence-corrected chi connectivity index (χ3v) is 9.26. The highest BCUT2D eigenvalue weighted by Crippen LogP contribution is 2.41. The standard InChI is InChI=1S/C34H36N6O4/c1-3-39-13-9-23(10-14-39)29-31(25-7-5-21(19-35)17-27(25)37-29)43-33(41)34(42)44-32-26-8-6-22(20-36)18-28(26)38-30(32)24-11-15-40(4-2)16-12-24/h5-8,17-18,23-24,37-38H,3-4,9-16H2,1-2H3. The van der Waals surface area contributed by atoms with Crippen LogP contribution in [0.25, 0.3) is 21.8 Å². The minimum atomic E-state index is -1.11. The van der Waals surface area contributed by atoms with E-state index in [0.29, 0.717) is 44.4 Å². The summed E-state index contributed by atoms with van der Waals surface area (Å²) in [6.07, 6.45) is 3.50. The monoisotopic (exact) mass is 592 g/mol. The second kappa shape index (κ2) is 12.5. The molecule has 2 fully saturated rings. The number of hydrogen-bond donors (Lipinski definition) is 2. The first kappa shape index (κ1) is 29.4. The number of likely N-dealkylation sites (tertiary alicyclic amines) is 2. The summed E-state index contributed by atoms with van der Waals surface area (Å²) in [4.78, 5) is 38.4. The number of esters is 2. The van der Waals surface area contributed by atoms with E-state index < -0.39 is 11.9 Å². The van der Waals surface area contributed by atoms with Crippen molar-refractivity contribution < 1.29 is 19.1 Å². The zero-order valence-electron chi connectivity index (χ0n) is 25.1. The number of carbonyl (C=O) groups is 2. The van der Waals surface area contributed by atoms with Gasteiger partial charge in [-0.25, -0.2) is 9.59 Å². The summed E-state index contributed by atoms with van der Waals surface area (Å²) in [5, 5.41) is 20.1. The van der Waals surface area contributed by atoms with Gasteiger partial charge < -0.3 is 29.2 Å². The second-order valence-corrected chi connectivity index (χ2v) is 11.7. The lowest BCUT2D eigenvalue weighted by Gasteiger charge is -2.31. The van der Waals surface area contributed by atoms with Crippen LogP contribution in [-0.4, -0.2) is 71.0 Å². The molecule has 0 unspecified atom stereocenters. The maximum Gasteiger partial charge on any atom is 0.423 e. The number of hydrogen-bond acceptors (Lipinski definition) is 8. The lowest BCUT2D eigenvalue weighted by molar-refractivity contribution is -0.156. The Balaban J connectivity index is 1.30. The molecule has 10 heteroatoms. The van der Waals surface area contributed by atoms with E-state index in [-0.39, 0.29) is 11.8 Å². The molecule has 0 aliphatic carbocycles. The van der Waals surface area contributed by atoms with Crippen LogP contribution >= 0.6 is 0 Å². The van der Waals surface area contributed by atoms with Gasteiger partial charge in [-0.2, -0.15) is 10.5 Å². The maximum absolute atomic E-state index is 13.4. The van der Waals surface area contributed by atoms with Crippen molar-refractivity contribution in [3.63, 3.8) is 0 Å². The Bertz CT molecular complexity index is 1660. The van der Waals surface area contributed by atoms with Gasteiger partial charge in [0.25, 0.3) is 0 Å². The predicted octanol–water partition coefficient (Wildman–Crippen LogP) is 5.30. The highest BCUT2D eigenvalue weighted by atomic mass is 16.6. The zero-order valence-corrected chi connectivity index (χ0v) is 25.1. The fourth-order valence-electron chi connectivity index (χ4n) is 6.66. The smallest absolute Gasteiger partial charge is 0.415 e. The summed E-state index contributed by atoms with van der Waals surface area (Å²) < 4.78 is 11.7. The van der Waals surface area contributed by atoms with Gasteiger partial charge in [0.15, 0.2) is 11.5 Å². The van der Waals surface area contributed by atoms with Gasteiger partial charge in [0.2, 0.25) is 0 Å². The van der Waals surface area contributed by atoms with Crippen molar-refractivity contribution >= 4 is 33.7 Å². The molecular weight excluding hydrogens is 556 g/mol. The molecule has 10 nitrogen and oxygen atoms in total. The van der Waals surface area contributed by atoms with Gasteiger partial charge in [0.05, 0.1) is 45.7 Å². The summed E-state index contributed by atoms with van der Waals surface area (Å²) in [5.41, 5.74) is 3.84. The second-order valence-electron chi connectivity index (χ2n) is 11.7. The van der Waals surface area contributed by atoms with Gasteiger partial charge in [0, 0.05) is 22.6 Å². The lowest BCUT2D eigenvalue weighted by Crippen LogP contribution is -2.33. The molecule has 0 saturated carbocycles. The SMILES string of the molecule is CCN1CCC(c2[nH]c3cc(C#N)ccc3c2OC(=O)C(=O)Oc2c(C3CCN(CC)CC3)[nH]c3cc(C#N)ccc23)CC1. The summed E-state index contributed by atoms with van der Waals surface area (Å²) >= 11 is 0. The van der Waals surface area contributed by atoms with Gasteiger partial charge >= 0.3 is 11.9 Å². The predicted molar refractivity (Wildman–Crippen MR) is 165 cm³/mol. The van der Waals surface area contributed by atoms with Crippen molar-refractivity contribution in [1.82, 2.24) is 19.8 Å². The number of benzene rings is 2.